The van der Waals surface area contributed by atoms with Gasteiger partial charge in [-0.25, -0.2) is 24.9 Å². The molecule has 25 heavy (non-hydrogen) atoms. The summed E-state index contributed by atoms with van der Waals surface area (Å²) in [5.74, 6) is 3.06. The Morgan fingerprint density at radius 3 is 2.72 bits per heavy atom. The van der Waals surface area contributed by atoms with Gasteiger partial charge < -0.3 is 10.2 Å². The van der Waals surface area contributed by atoms with Crippen LogP contribution in [0.1, 0.15) is 30.3 Å². The molecule has 4 heterocycles. The van der Waals surface area contributed by atoms with Crippen molar-refractivity contribution in [3.63, 3.8) is 0 Å². The highest BCUT2D eigenvalue weighted by Gasteiger charge is 2.27. The van der Waals surface area contributed by atoms with Crippen LogP contribution in [-0.2, 0) is 0 Å². The lowest BCUT2D eigenvalue weighted by Crippen LogP contribution is -2.24. The molecule has 0 aromatic carbocycles. The molecular formula is C18H19N7. The third-order valence-corrected chi connectivity index (χ3v) is 4.28. The molecule has 1 N–H and O–H groups in total. The van der Waals surface area contributed by atoms with Gasteiger partial charge in [-0.1, -0.05) is 0 Å². The van der Waals surface area contributed by atoms with Gasteiger partial charge in [-0.05, 0) is 49.6 Å². The number of nitrogens with zero attached hydrogens (tertiary/aromatic N) is 6. The van der Waals surface area contributed by atoms with Crippen molar-refractivity contribution in [2.24, 2.45) is 0 Å². The van der Waals surface area contributed by atoms with E-state index in [9.17, 15) is 0 Å². The largest absolute Gasteiger partial charge is 0.349 e. The van der Waals surface area contributed by atoms with Crippen molar-refractivity contribution in [2.45, 2.75) is 25.8 Å². The average Bonchev–Trinajstić information content (AvgIpc) is 3.13. The zero-order valence-electron chi connectivity index (χ0n) is 14.0. The Kier molecular flexibility index (Phi) is 4.20. The lowest BCUT2D eigenvalue weighted by molar-refractivity contribution is 0.708. The average molecular weight is 333 g/mol. The second-order valence-electron chi connectivity index (χ2n) is 5.99. The molecular weight excluding hydrogens is 314 g/mol. The smallest absolute Gasteiger partial charge is 0.228 e. The van der Waals surface area contributed by atoms with Crippen LogP contribution in [0.2, 0.25) is 0 Å². The normalized spacial score (nSPS) is 16.8. The van der Waals surface area contributed by atoms with E-state index in [2.05, 4.69) is 47.3 Å². The molecule has 0 saturated carbocycles. The van der Waals surface area contributed by atoms with Crippen molar-refractivity contribution >= 4 is 17.6 Å². The van der Waals surface area contributed by atoms with E-state index in [0.717, 1.165) is 36.8 Å². The lowest BCUT2D eigenvalue weighted by atomic mass is 10.1. The number of aryl methyl sites for hydroxylation is 1. The Labute approximate surface area is 146 Å². The molecule has 0 bridgehead atoms. The Bertz CT molecular complexity index is 853. The van der Waals surface area contributed by atoms with Crippen molar-refractivity contribution in [1.82, 2.24) is 24.9 Å². The number of pyridine rings is 1. The van der Waals surface area contributed by atoms with Crippen LogP contribution in [0.3, 0.4) is 0 Å². The summed E-state index contributed by atoms with van der Waals surface area (Å²) in [7, 11) is 0. The van der Waals surface area contributed by atoms with Gasteiger partial charge in [-0.2, -0.15) is 0 Å². The second kappa shape index (κ2) is 6.80. The minimum atomic E-state index is 0.287. The van der Waals surface area contributed by atoms with Gasteiger partial charge in [0.2, 0.25) is 5.95 Å². The number of hydrogen-bond donors (Lipinski definition) is 1. The van der Waals surface area contributed by atoms with Gasteiger partial charge in [0.1, 0.15) is 17.5 Å². The Hall–Kier alpha value is -3.09. The van der Waals surface area contributed by atoms with Crippen LogP contribution in [0, 0.1) is 6.92 Å². The molecule has 0 spiro atoms. The summed E-state index contributed by atoms with van der Waals surface area (Å²) in [4.78, 5) is 23.9. The molecule has 7 nitrogen and oxygen atoms in total. The maximum Gasteiger partial charge on any atom is 0.228 e. The third kappa shape index (κ3) is 3.40. The fourth-order valence-electron chi connectivity index (χ4n) is 3.19. The molecule has 3 aromatic heterocycles. The van der Waals surface area contributed by atoms with E-state index < -0.39 is 0 Å². The van der Waals surface area contributed by atoms with E-state index in [-0.39, 0.29) is 6.04 Å². The van der Waals surface area contributed by atoms with Gasteiger partial charge in [-0.15, -0.1) is 0 Å². The molecule has 3 aromatic rings. The third-order valence-electron chi connectivity index (χ3n) is 4.28. The van der Waals surface area contributed by atoms with Crippen LogP contribution in [0.5, 0.6) is 0 Å². The Morgan fingerprint density at radius 2 is 1.88 bits per heavy atom. The van der Waals surface area contributed by atoms with Crippen molar-refractivity contribution < 1.29 is 0 Å². The predicted molar refractivity (Wildman–Crippen MR) is 95.6 cm³/mol. The number of rotatable bonds is 4. The van der Waals surface area contributed by atoms with E-state index >= 15 is 0 Å². The van der Waals surface area contributed by atoms with Crippen LogP contribution in [-0.4, -0.2) is 31.5 Å². The second-order valence-corrected chi connectivity index (χ2v) is 5.99. The topological polar surface area (TPSA) is 79.7 Å². The first kappa shape index (κ1) is 15.4. The minimum absolute atomic E-state index is 0.287. The molecule has 1 aliphatic heterocycles. The van der Waals surface area contributed by atoms with Crippen LogP contribution < -0.4 is 10.2 Å². The first-order valence-electron chi connectivity index (χ1n) is 8.36. The zero-order chi connectivity index (χ0) is 17.1. The summed E-state index contributed by atoms with van der Waals surface area (Å²) in [6, 6.07) is 8.18. The van der Waals surface area contributed by atoms with E-state index in [1.54, 1.807) is 18.5 Å². The number of hydrogen-bond acceptors (Lipinski definition) is 7. The molecule has 7 heteroatoms. The van der Waals surface area contributed by atoms with E-state index in [1.807, 2.05) is 25.4 Å². The van der Waals surface area contributed by atoms with E-state index in [1.165, 1.54) is 5.56 Å². The van der Waals surface area contributed by atoms with Crippen molar-refractivity contribution in [1.29, 1.82) is 0 Å². The first-order valence-corrected chi connectivity index (χ1v) is 8.36. The van der Waals surface area contributed by atoms with Crippen LogP contribution in [0.25, 0.3) is 0 Å². The van der Waals surface area contributed by atoms with Gasteiger partial charge in [0.15, 0.2) is 0 Å². The van der Waals surface area contributed by atoms with Gasteiger partial charge >= 0.3 is 0 Å². The quantitative estimate of drug-likeness (QED) is 0.786. The standard InChI is InChI=1S/C18H19N7/c1-13-19-10-6-17(23-13)25-11-2-4-15(25)14-5-9-20-16(12-14)24-18-21-7-3-8-22-18/h3,5-10,12,15H,2,4,11H2,1H3,(H,20,21,22,24)/t15-/m1/s1. The lowest BCUT2D eigenvalue weighted by Gasteiger charge is -2.26. The molecule has 126 valence electrons. The SMILES string of the molecule is Cc1nccc(N2CCC[C@@H]2c2ccnc(Nc3ncccn3)c2)n1. The maximum absolute atomic E-state index is 4.58. The Morgan fingerprint density at radius 1 is 1.04 bits per heavy atom. The summed E-state index contributed by atoms with van der Waals surface area (Å²) < 4.78 is 0. The molecule has 4 rings (SSSR count). The summed E-state index contributed by atoms with van der Waals surface area (Å²) in [5.41, 5.74) is 1.21. The van der Waals surface area contributed by atoms with Crippen molar-refractivity contribution in [2.75, 3.05) is 16.8 Å². The van der Waals surface area contributed by atoms with Crippen LogP contribution >= 0.6 is 0 Å². The fraction of sp³-hybridized carbons (Fsp3) is 0.278. The van der Waals surface area contributed by atoms with Gasteiger partial charge in [0.05, 0.1) is 6.04 Å². The highest BCUT2D eigenvalue weighted by atomic mass is 15.2. The predicted octanol–water partition coefficient (Wildman–Crippen LogP) is 3.06. The van der Waals surface area contributed by atoms with Crippen molar-refractivity contribution in [3.8, 4) is 0 Å². The zero-order valence-corrected chi connectivity index (χ0v) is 14.0. The highest BCUT2D eigenvalue weighted by molar-refractivity contribution is 5.51. The summed E-state index contributed by atoms with van der Waals surface area (Å²) in [5, 5.41) is 3.15. The maximum atomic E-state index is 4.58. The molecule has 0 amide bonds. The monoisotopic (exact) mass is 333 g/mol. The van der Waals surface area contributed by atoms with Crippen LogP contribution in [0.4, 0.5) is 17.6 Å². The number of aromatic nitrogens is 5. The van der Waals surface area contributed by atoms with Gasteiger partial charge in [0, 0.05) is 31.3 Å². The molecule has 1 fully saturated rings. The molecule has 0 radical (unpaired) electrons. The van der Waals surface area contributed by atoms with Gasteiger partial charge in [-0.3, -0.25) is 0 Å². The molecule has 0 unspecified atom stereocenters. The summed E-state index contributed by atoms with van der Waals surface area (Å²) in [6.07, 6.45) is 9.28. The van der Waals surface area contributed by atoms with Gasteiger partial charge in [0.25, 0.3) is 0 Å². The summed E-state index contributed by atoms with van der Waals surface area (Å²) >= 11 is 0. The fourth-order valence-corrected chi connectivity index (χ4v) is 3.19. The van der Waals surface area contributed by atoms with E-state index in [4.69, 9.17) is 0 Å². The first-order chi connectivity index (χ1) is 12.3. The van der Waals surface area contributed by atoms with E-state index in [0.29, 0.717) is 5.95 Å². The highest BCUT2D eigenvalue weighted by Crippen LogP contribution is 2.35. The van der Waals surface area contributed by atoms with Crippen molar-refractivity contribution in [3.05, 3.63) is 60.4 Å². The minimum Gasteiger partial charge on any atom is -0.349 e. The molecule has 1 saturated heterocycles. The number of nitrogens with one attached hydrogen (secondary N) is 1. The number of anilines is 3. The molecule has 1 aliphatic rings. The molecule has 0 aliphatic carbocycles. The van der Waals surface area contributed by atoms with Crippen LogP contribution in [0.15, 0.2) is 49.1 Å². The summed E-state index contributed by atoms with van der Waals surface area (Å²) in [6.45, 7) is 2.91. The Balaban J connectivity index is 1.59. The molecule has 1 atom stereocenters.